The maximum Gasteiger partial charge on any atom is 0.434 e. The van der Waals surface area contributed by atoms with Gasteiger partial charge in [0.05, 0.1) is 19.5 Å². The van der Waals surface area contributed by atoms with E-state index in [0.717, 1.165) is 11.8 Å². The van der Waals surface area contributed by atoms with Crippen LogP contribution in [-0.4, -0.2) is 55.8 Å². The van der Waals surface area contributed by atoms with E-state index in [1.807, 2.05) is 12.1 Å². The van der Waals surface area contributed by atoms with Gasteiger partial charge in [-0.15, -0.1) is 0 Å². The van der Waals surface area contributed by atoms with Crippen molar-refractivity contribution in [2.24, 2.45) is 7.05 Å². The number of aryl methyl sites for hydroxylation is 1. The van der Waals surface area contributed by atoms with E-state index < -0.39 is 11.9 Å². The van der Waals surface area contributed by atoms with Crippen molar-refractivity contribution >= 4 is 22.9 Å². The van der Waals surface area contributed by atoms with Crippen LogP contribution in [0.1, 0.15) is 11.3 Å². The van der Waals surface area contributed by atoms with Gasteiger partial charge in [-0.05, 0) is 5.56 Å². The molecule has 5 rings (SSSR count). The van der Waals surface area contributed by atoms with Gasteiger partial charge in [-0.1, -0.05) is 24.3 Å². The lowest BCUT2D eigenvalue weighted by Crippen LogP contribution is -2.37. The third-order valence-corrected chi connectivity index (χ3v) is 5.41. The summed E-state index contributed by atoms with van der Waals surface area (Å²) in [5, 5.41) is 3.31. The number of ether oxygens (including phenoxy) is 1. The summed E-state index contributed by atoms with van der Waals surface area (Å²) in [5.41, 5.74) is 1.90. The molecule has 1 aromatic carbocycles. The summed E-state index contributed by atoms with van der Waals surface area (Å²) < 4.78 is 45.6. The van der Waals surface area contributed by atoms with Crippen LogP contribution < -0.4 is 10.2 Å². The zero-order valence-electron chi connectivity index (χ0n) is 17.7. The SMILES string of the molecule is Cn1cc(C(F)(F)F)nc1-c1ccc(CNc2nc(N3CCOCC3)nc3nc[nH]c23)cc1. The fraction of sp³-hybridized carbons (Fsp3) is 0.333. The number of anilines is 2. The van der Waals surface area contributed by atoms with Crippen LogP contribution >= 0.6 is 0 Å². The quantitative estimate of drug-likeness (QED) is 0.474. The van der Waals surface area contributed by atoms with Gasteiger partial charge in [0.2, 0.25) is 5.95 Å². The number of morpholine rings is 1. The number of halogens is 3. The molecule has 0 aliphatic carbocycles. The fourth-order valence-electron chi connectivity index (χ4n) is 3.68. The Balaban J connectivity index is 1.34. The van der Waals surface area contributed by atoms with Crippen molar-refractivity contribution in [2.45, 2.75) is 12.7 Å². The summed E-state index contributed by atoms with van der Waals surface area (Å²) >= 11 is 0. The first kappa shape index (κ1) is 21.2. The van der Waals surface area contributed by atoms with E-state index in [2.05, 4.69) is 35.1 Å². The second-order valence-electron chi connectivity index (χ2n) is 7.68. The Kier molecular flexibility index (Phi) is 5.36. The zero-order chi connectivity index (χ0) is 23.0. The first-order valence-corrected chi connectivity index (χ1v) is 10.4. The van der Waals surface area contributed by atoms with Gasteiger partial charge in [-0.3, -0.25) is 0 Å². The lowest BCUT2D eigenvalue weighted by Gasteiger charge is -2.27. The Morgan fingerprint density at radius 2 is 1.85 bits per heavy atom. The highest BCUT2D eigenvalue weighted by Crippen LogP contribution is 2.30. The average Bonchev–Trinajstić information content (AvgIpc) is 3.45. The molecule has 1 aliphatic heterocycles. The number of fused-ring (bicyclic) bond motifs is 1. The molecule has 33 heavy (non-hydrogen) atoms. The lowest BCUT2D eigenvalue weighted by molar-refractivity contribution is -0.140. The van der Waals surface area contributed by atoms with E-state index in [-0.39, 0.29) is 5.82 Å². The summed E-state index contributed by atoms with van der Waals surface area (Å²) in [4.78, 5) is 22.3. The van der Waals surface area contributed by atoms with E-state index >= 15 is 0 Å². The Labute approximate surface area is 186 Å². The first-order chi connectivity index (χ1) is 15.9. The van der Waals surface area contributed by atoms with Gasteiger partial charge < -0.3 is 24.5 Å². The van der Waals surface area contributed by atoms with Crippen molar-refractivity contribution in [1.29, 1.82) is 0 Å². The molecule has 0 unspecified atom stereocenters. The Bertz CT molecular complexity index is 1260. The zero-order valence-corrected chi connectivity index (χ0v) is 17.7. The Morgan fingerprint density at radius 1 is 1.09 bits per heavy atom. The van der Waals surface area contributed by atoms with Gasteiger partial charge in [-0.2, -0.15) is 23.1 Å². The molecule has 0 radical (unpaired) electrons. The van der Waals surface area contributed by atoms with Crippen molar-refractivity contribution in [1.82, 2.24) is 29.5 Å². The number of benzene rings is 1. The second-order valence-corrected chi connectivity index (χ2v) is 7.68. The minimum absolute atomic E-state index is 0.256. The summed E-state index contributed by atoms with van der Waals surface area (Å²) in [6.07, 6.45) is -1.92. The molecule has 0 bridgehead atoms. The summed E-state index contributed by atoms with van der Waals surface area (Å²) in [5.74, 6) is 1.47. The Hall–Kier alpha value is -3.67. The normalized spacial score (nSPS) is 14.7. The maximum absolute atomic E-state index is 12.9. The third-order valence-electron chi connectivity index (χ3n) is 5.41. The number of imidazole rings is 2. The lowest BCUT2D eigenvalue weighted by atomic mass is 10.1. The van der Waals surface area contributed by atoms with E-state index in [0.29, 0.717) is 61.3 Å². The molecule has 12 heteroatoms. The molecule has 0 atom stereocenters. The van der Waals surface area contributed by atoms with Gasteiger partial charge in [0.1, 0.15) is 11.3 Å². The predicted octanol–water partition coefficient (Wildman–Crippen LogP) is 3.22. The van der Waals surface area contributed by atoms with Crippen LogP contribution in [-0.2, 0) is 24.5 Å². The van der Waals surface area contributed by atoms with E-state index in [1.165, 1.54) is 4.57 Å². The number of rotatable bonds is 5. The number of nitrogens with zero attached hydrogens (tertiary/aromatic N) is 6. The first-order valence-electron chi connectivity index (χ1n) is 10.4. The van der Waals surface area contributed by atoms with Crippen molar-refractivity contribution in [3.63, 3.8) is 0 Å². The Morgan fingerprint density at radius 3 is 2.55 bits per heavy atom. The minimum atomic E-state index is -4.48. The predicted molar refractivity (Wildman–Crippen MR) is 116 cm³/mol. The van der Waals surface area contributed by atoms with Gasteiger partial charge in [0, 0.05) is 38.4 Å². The molecular formula is C21H21F3N8O. The molecule has 1 aliphatic rings. The highest BCUT2D eigenvalue weighted by molar-refractivity contribution is 5.83. The molecule has 4 aromatic rings. The van der Waals surface area contributed by atoms with Crippen LogP contribution in [0, 0.1) is 0 Å². The van der Waals surface area contributed by atoms with Crippen LogP contribution in [0.25, 0.3) is 22.6 Å². The highest BCUT2D eigenvalue weighted by atomic mass is 19.4. The number of aromatic nitrogens is 6. The van der Waals surface area contributed by atoms with Crippen LogP contribution in [0.15, 0.2) is 36.8 Å². The van der Waals surface area contributed by atoms with Crippen molar-refractivity contribution in [3.8, 4) is 11.4 Å². The number of aromatic amines is 1. The summed E-state index contributed by atoms with van der Waals surface area (Å²) in [6.45, 7) is 3.12. The largest absolute Gasteiger partial charge is 0.434 e. The van der Waals surface area contributed by atoms with Gasteiger partial charge in [-0.25, -0.2) is 9.97 Å². The molecule has 0 amide bonds. The molecule has 0 spiro atoms. The molecule has 3 aromatic heterocycles. The van der Waals surface area contributed by atoms with Gasteiger partial charge in [0.25, 0.3) is 0 Å². The molecule has 0 saturated carbocycles. The smallest absolute Gasteiger partial charge is 0.378 e. The number of alkyl halides is 3. The van der Waals surface area contributed by atoms with Crippen molar-refractivity contribution in [2.75, 3.05) is 36.5 Å². The van der Waals surface area contributed by atoms with E-state index in [4.69, 9.17) is 4.74 Å². The molecule has 4 heterocycles. The monoisotopic (exact) mass is 458 g/mol. The average molecular weight is 458 g/mol. The summed E-state index contributed by atoms with van der Waals surface area (Å²) in [6, 6.07) is 7.20. The van der Waals surface area contributed by atoms with Gasteiger partial charge >= 0.3 is 6.18 Å². The van der Waals surface area contributed by atoms with Crippen LogP contribution in [0.5, 0.6) is 0 Å². The van der Waals surface area contributed by atoms with Crippen molar-refractivity contribution < 1.29 is 17.9 Å². The second kappa shape index (κ2) is 8.35. The molecule has 1 saturated heterocycles. The third kappa shape index (κ3) is 4.33. The fourth-order valence-corrected chi connectivity index (χ4v) is 3.68. The van der Waals surface area contributed by atoms with Crippen LogP contribution in [0.3, 0.4) is 0 Å². The molecule has 9 nitrogen and oxygen atoms in total. The maximum atomic E-state index is 12.9. The number of H-pyrrole nitrogens is 1. The molecular weight excluding hydrogens is 437 g/mol. The van der Waals surface area contributed by atoms with Gasteiger partial charge in [0.15, 0.2) is 17.2 Å². The minimum Gasteiger partial charge on any atom is -0.378 e. The van der Waals surface area contributed by atoms with Crippen molar-refractivity contribution in [3.05, 3.63) is 48.0 Å². The highest BCUT2D eigenvalue weighted by Gasteiger charge is 2.34. The molecule has 2 N–H and O–H groups in total. The number of hydrogen-bond acceptors (Lipinski definition) is 7. The number of nitrogens with one attached hydrogen (secondary N) is 2. The topological polar surface area (TPSA) is 96.8 Å². The van der Waals surface area contributed by atoms with Crippen LogP contribution in [0.2, 0.25) is 0 Å². The molecule has 172 valence electrons. The van der Waals surface area contributed by atoms with Crippen LogP contribution in [0.4, 0.5) is 24.9 Å². The number of hydrogen-bond donors (Lipinski definition) is 2. The summed E-state index contributed by atoms with van der Waals surface area (Å²) in [7, 11) is 1.55. The molecule has 1 fully saturated rings. The standard InChI is InChI=1S/C21H21F3N8O/c1-31-11-15(21(22,23)24)28-19(31)14-4-2-13(3-5-14)10-25-17-16-18(27-12-26-16)30-20(29-17)32-6-8-33-9-7-32/h2-5,11-12H,6-10H2,1H3,(H2,25,26,27,29,30). The van der Waals surface area contributed by atoms with E-state index in [1.54, 1.807) is 25.5 Å². The van der Waals surface area contributed by atoms with E-state index in [9.17, 15) is 13.2 Å².